The Bertz CT molecular complexity index is 393. The van der Waals surface area contributed by atoms with Gasteiger partial charge in [-0.15, -0.1) is 0 Å². The van der Waals surface area contributed by atoms with Gasteiger partial charge in [0, 0.05) is 25.9 Å². The molecular weight excluding hydrogens is 245 g/mol. The van der Waals surface area contributed by atoms with Crippen LogP contribution in [0.2, 0.25) is 0 Å². The lowest BCUT2D eigenvalue weighted by Crippen LogP contribution is -2.19. The molecule has 0 aromatic heterocycles. The van der Waals surface area contributed by atoms with Crippen LogP contribution in [0.5, 0.6) is 0 Å². The van der Waals surface area contributed by atoms with Gasteiger partial charge in [0.15, 0.2) is 0 Å². The summed E-state index contributed by atoms with van der Waals surface area (Å²) in [5, 5.41) is 2.89. The van der Waals surface area contributed by atoms with Crippen molar-refractivity contribution in [3.63, 3.8) is 0 Å². The van der Waals surface area contributed by atoms with Gasteiger partial charge in [-0.3, -0.25) is 0 Å². The van der Waals surface area contributed by atoms with E-state index in [1.54, 1.807) is 13.2 Å². The number of anilines is 1. The maximum absolute atomic E-state index is 12.8. The van der Waals surface area contributed by atoms with Gasteiger partial charge in [0.2, 0.25) is 0 Å². The van der Waals surface area contributed by atoms with Crippen molar-refractivity contribution in [2.45, 2.75) is 25.7 Å². The van der Waals surface area contributed by atoms with Crippen LogP contribution in [-0.2, 0) is 17.5 Å². The maximum atomic E-state index is 12.8. The third kappa shape index (κ3) is 3.89. The zero-order valence-corrected chi connectivity index (χ0v) is 10.3. The number of rotatable bonds is 5. The first-order valence-corrected chi connectivity index (χ1v) is 5.55. The van der Waals surface area contributed by atoms with Crippen LogP contribution >= 0.6 is 0 Å². The smallest absolute Gasteiger partial charge is 0.382 e. The molecule has 1 aromatic carbocycles. The van der Waals surface area contributed by atoms with Gasteiger partial charge in [-0.2, -0.15) is 13.2 Å². The Labute approximate surface area is 104 Å². The molecule has 0 amide bonds. The minimum atomic E-state index is -4.39. The first-order chi connectivity index (χ1) is 8.38. The Hall–Kier alpha value is -1.27. The molecule has 0 bridgehead atoms. The van der Waals surface area contributed by atoms with E-state index in [0.717, 1.165) is 6.07 Å². The minimum absolute atomic E-state index is 0.0754. The first-order valence-electron chi connectivity index (χ1n) is 5.55. The van der Waals surface area contributed by atoms with E-state index >= 15 is 0 Å². The van der Waals surface area contributed by atoms with Crippen LogP contribution in [0.3, 0.4) is 0 Å². The van der Waals surface area contributed by atoms with Crippen molar-refractivity contribution in [2.75, 3.05) is 19.0 Å². The van der Waals surface area contributed by atoms with Gasteiger partial charge in [-0.05, 0) is 24.6 Å². The van der Waals surface area contributed by atoms with Crippen molar-refractivity contribution < 1.29 is 17.9 Å². The zero-order valence-electron chi connectivity index (χ0n) is 10.3. The van der Waals surface area contributed by atoms with Crippen molar-refractivity contribution in [2.24, 2.45) is 5.73 Å². The maximum Gasteiger partial charge on any atom is 0.416 e. The molecular formula is C12H17F3N2O. The summed E-state index contributed by atoms with van der Waals surface area (Å²) in [6.07, 6.45) is -4.47. The molecule has 0 aliphatic rings. The topological polar surface area (TPSA) is 47.3 Å². The summed E-state index contributed by atoms with van der Waals surface area (Å²) in [6, 6.07) is 4.05. The molecule has 0 radical (unpaired) electrons. The normalized spacial score (nSPS) is 13.4. The SMILES string of the molecule is COC(C)CNc1ccc(CN)c(C(F)(F)F)c1. The fourth-order valence-electron chi connectivity index (χ4n) is 1.47. The van der Waals surface area contributed by atoms with Crippen molar-refractivity contribution in [3.8, 4) is 0 Å². The van der Waals surface area contributed by atoms with Crippen molar-refractivity contribution in [3.05, 3.63) is 29.3 Å². The van der Waals surface area contributed by atoms with E-state index in [9.17, 15) is 13.2 Å². The van der Waals surface area contributed by atoms with Crippen molar-refractivity contribution in [1.29, 1.82) is 0 Å². The van der Waals surface area contributed by atoms with Gasteiger partial charge in [-0.25, -0.2) is 0 Å². The summed E-state index contributed by atoms with van der Waals surface area (Å²) in [4.78, 5) is 0. The van der Waals surface area contributed by atoms with Crippen molar-refractivity contribution in [1.82, 2.24) is 0 Å². The highest BCUT2D eigenvalue weighted by Crippen LogP contribution is 2.33. The number of hydrogen-bond donors (Lipinski definition) is 2. The molecule has 1 atom stereocenters. The third-order valence-electron chi connectivity index (χ3n) is 2.63. The van der Waals surface area contributed by atoms with Gasteiger partial charge in [-0.1, -0.05) is 6.07 Å². The largest absolute Gasteiger partial charge is 0.416 e. The van der Waals surface area contributed by atoms with E-state index in [1.165, 1.54) is 6.07 Å². The molecule has 0 aliphatic carbocycles. The van der Waals surface area contributed by atoms with Gasteiger partial charge < -0.3 is 15.8 Å². The molecule has 6 heteroatoms. The molecule has 3 nitrogen and oxygen atoms in total. The number of methoxy groups -OCH3 is 1. The standard InChI is InChI=1S/C12H17F3N2O/c1-8(18-2)7-17-10-4-3-9(6-16)11(5-10)12(13,14)15/h3-5,8,17H,6-7,16H2,1-2H3. The van der Waals surface area contributed by atoms with Crippen molar-refractivity contribution >= 4 is 5.69 Å². The van der Waals surface area contributed by atoms with E-state index in [1.807, 2.05) is 6.92 Å². The van der Waals surface area contributed by atoms with Gasteiger partial charge in [0.25, 0.3) is 0 Å². The number of hydrogen-bond acceptors (Lipinski definition) is 3. The van der Waals surface area contributed by atoms with Gasteiger partial charge >= 0.3 is 6.18 Å². The molecule has 1 aromatic rings. The lowest BCUT2D eigenvalue weighted by molar-refractivity contribution is -0.138. The van der Waals surface area contributed by atoms with E-state index < -0.39 is 11.7 Å². The van der Waals surface area contributed by atoms with Crippen LogP contribution in [0.1, 0.15) is 18.1 Å². The molecule has 0 fully saturated rings. The van der Waals surface area contributed by atoms with E-state index in [2.05, 4.69) is 5.32 Å². The molecule has 0 saturated carbocycles. The zero-order chi connectivity index (χ0) is 13.8. The molecule has 0 saturated heterocycles. The molecule has 1 rings (SSSR count). The predicted molar refractivity (Wildman–Crippen MR) is 64.3 cm³/mol. The molecule has 0 heterocycles. The minimum Gasteiger partial charge on any atom is -0.382 e. The predicted octanol–water partition coefficient (Wildman–Crippen LogP) is 2.61. The molecule has 102 valence electrons. The number of nitrogens with one attached hydrogen (secondary N) is 1. The quantitative estimate of drug-likeness (QED) is 0.857. The average Bonchev–Trinajstić information content (AvgIpc) is 2.34. The first kappa shape index (κ1) is 14.8. The highest BCUT2D eigenvalue weighted by Gasteiger charge is 2.33. The second-order valence-electron chi connectivity index (χ2n) is 4.00. The Morgan fingerprint density at radius 1 is 1.39 bits per heavy atom. The number of benzene rings is 1. The number of ether oxygens (including phenoxy) is 1. The van der Waals surface area contributed by atoms with Crippen LogP contribution in [-0.4, -0.2) is 19.8 Å². The average molecular weight is 262 g/mol. The van der Waals surface area contributed by atoms with Crippen LogP contribution in [0.4, 0.5) is 18.9 Å². The monoisotopic (exact) mass is 262 g/mol. The van der Waals surface area contributed by atoms with Gasteiger partial charge in [0.05, 0.1) is 11.7 Å². The second-order valence-corrected chi connectivity index (χ2v) is 4.00. The fourth-order valence-corrected chi connectivity index (χ4v) is 1.47. The highest BCUT2D eigenvalue weighted by molar-refractivity contribution is 5.49. The van der Waals surface area contributed by atoms with Crippen LogP contribution < -0.4 is 11.1 Å². The Balaban J connectivity index is 2.90. The van der Waals surface area contributed by atoms with Crippen LogP contribution in [0.15, 0.2) is 18.2 Å². The number of halogens is 3. The fraction of sp³-hybridized carbons (Fsp3) is 0.500. The Morgan fingerprint density at radius 2 is 2.06 bits per heavy atom. The van der Waals surface area contributed by atoms with E-state index in [0.29, 0.717) is 12.2 Å². The lowest BCUT2D eigenvalue weighted by atomic mass is 10.1. The van der Waals surface area contributed by atoms with E-state index in [4.69, 9.17) is 10.5 Å². The summed E-state index contributed by atoms with van der Waals surface area (Å²) in [5.74, 6) is 0. The lowest BCUT2D eigenvalue weighted by Gasteiger charge is -2.16. The third-order valence-corrected chi connectivity index (χ3v) is 2.63. The molecule has 0 spiro atoms. The number of nitrogens with two attached hydrogens (primary N) is 1. The summed E-state index contributed by atoms with van der Waals surface area (Å²) in [7, 11) is 1.55. The summed E-state index contributed by atoms with van der Waals surface area (Å²) < 4.78 is 43.3. The molecule has 1 unspecified atom stereocenters. The number of alkyl halides is 3. The summed E-state index contributed by atoms with van der Waals surface area (Å²) in [5.41, 5.74) is 5.10. The second kappa shape index (κ2) is 6.06. The summed E-state index contributed by atoms with van der Waals surface area (Å²) in [6.45, 7) is 2.13. The Kier molecular flexibility index (Phi) is 4.98. The van der Waals surface area contributed by atoms with Crippen LogP contribution in [0, 0.1) is 0 Å². The summed E-state index contributed by atoms with van der Waals surface area (Å²) >= 11 is 0. The van der Waals surface area contributed by atoms with Crippen LogP contribution in [0.25, 0.3) is 0 Å². The van der Waals surface area contributed by atoms with Gasteiger partial charge in [0.1, 0.15) is 0 Å². The Morgan fingerprint density at radius 3 is 2.56 bits per heavy atom. The molecule has 0 aliphatic heterocycles. The molecule has 3 N–H and O–H groups in total. The highest BCUT2D eigenvalue weighted by atomic mass is 19.4. The molecule has 18 heavy (non-hydrogen) atoms. The van der Waals surface area contributed by atoms with E-state index in [-0.39, 0.29) is 18.2 Å².